The summed E-state index contributed by atoms with van der Waals surface area (Å²) in [5.41, 5.74) is 6.59. The van der Waals surface area contributed by atoms with Gasteiger partial charge in [-0.2, -0.15) is 10.1 Å². The fourth-order valence-corrected chi connectivity index (χ4v) is 3.37. The molecule has 0 aliphatic rings. The molecule has 0 aliphatic heterocycles. The quantitative estimate of drug-likeness (QED) is 0.451. The Kier molecular flexibility index (Phi) is 5.31. The van der Waals surface area contributed by atoms with Crippen LogP contribution in [0.4, 0.5) is 0 Å². The van der Waals surface area contributed by atoms with Crippen LogP contribution in [0, 0.1) is 27.7 Å². The van der Waals surface area contributed by atoms with Crippen molar-refractivity contribution in [1.29, 1.82) is 0 Å². The first-order valence-electron chi connectivity index (χ1n) is 9.78. The predicted molar refractivity (Wildman–Crippen MR) is 110 cm³/mol. The van der Waals surface area contributed by atoms with Crippen molar-refractivity contribution >= 4 is 11.6 Å². The van der Waals surface area contributed by atoms with E-state index in [2.05, 4.69) is 20.2 Å². The van der Waals surface area contributed by atoms with Gasteiger partial charge in [-0.25, -0.2) is 9.50 Å². The highest BCUT2D eigenvalue weighted by atomic mass is 16.5. The first-order chi connectivity index (χ1) is 14.4. The van der Waals surface area contributed by atoms with Crippen LogP contribution in [0.25, 0.3) is 17.1 Å². The molecule has 0 fully saturated rings. The van der Waals surface area contributed by atoms with E-state index in [0.717, 1.165) is 39.4 Å². The third kappa shape index (κ3) is 4.07. The molecule has 4 rings (SSSR count). The SMILES string of the molecule is Cc1ccc(-c2nc(COC(=O)CCc3c(C)nc4cc(C)nn4c3C)no2)cc1. The second kappa shape index (κ2) is 8.06. The summed E-state index contributed by atoms with van der Waals surface area (Å²) in [7, 11) is 0. The molecule has 3 aromatic heterocycles. The lowest BCUT2D eigenvalue weighted by Gasteiger charge is -2.10. The van der Waals surface area contributed by atoms with Crippen molar-refractivity contribution in [3.63, 3.8) is 0 Å². The summed E-state index contributed by atoms with van der Waals surface area (Å²) in [6, 6.07) is 9.71. The number of carbonyl (C=O) groups excluding carboxylic acids is 1. The Balaban J connectivity index is 1.36. The average Bonchev–Trinajstić information content (AvgIpc) is 3.33. The fourth-order valence-electron chi connectivity index (χ4n) is 3.37. The van der Waals surface area contributed by atoms with E-state index in [1.165, 1.54) is 0 Å². The molecule has 0 N–H and O–H groups in total. The molecule has 0 amide bonds. The van der Waals surface area contributed by atoms with Crippen molar-refractivity contribution in [1.82, 2.24) is 24.7 Å². The Bertz CT molecular complexity index is 1210. The van der Waals surface area contributed by atoms with Crippen LogP contribution in [0.3, 0.4) is 0 Å². The average molecular weight is 405 g/mol. The summed E-state index contributed by atoms with van der Waals surface area (Å²) in [5, 5.41) is 8.35. The molecule has 4 aromatic rings. The number of aryl methyl sites for hydroxylation is 4. The summed E-state index contributed by atoms with van der Waals surface area (Å²) in [6.45, 7) is 7.85. The molecular formula is C22H23N5O3. The number of hydrogen-bond donors (Lipinski definition) is 0. The van der Waals surface area contributed by atoms with Crippen LogP contribution in [-0.2, 0) is 22.6 Å². The molecule has 1 aromatic carbocycles. The zero-order valence-electron chi connectivity index (χ0n) is 17.5. The minimum absolute atomic E-state index is 0.0260. The number of esters is 1. The number of nitrogens with zero attached hydrogens (tertiary/aromatic N) is 5. The van der Waals surface area contributed by atoms with Gasteiger partial charge in [0.05, 0.1) is 5.69 Å². The first kappa shape index (κ1) is 19.8. The molecule has 0 spiro atoms. The van der Waals surface area contributed by atoms with Gasteiger partial charge in [-0.15, -0.1) is 0 Å². The highest BCUT2D eigenvalue weighted by Gasteiger charge is 2.15. The standard InChI is InChI=1S/C22H23N5O3/c1-13-5-7-17(8-6-13)22-24-19(26-30-22)12-29-21(28)10-9-18-15(3)23-20-11-14(2)25-27(20)16(18)4/h5-8,11H,9-10,12H2,1-4H3. The zero-order chi connectivity index (χ0) is 21.3. The van der Waals surface area contributed by atoms with Gasteiger partial charge in [-0.05, 0) is 51.8 Å². The number of ether oxygens (including phenoxy) is 1. The maximum atomic E-state index is 12.2. The van der Waals surface area contributed by atoms with Gasteiger partial charge in [0.25, 0.3) is 5.89 Å². The summed E-state index contributed by atoms with van der Waals surface area (Å²) in [6.07, 6.45) is 0.761. The van der Waals surface area contributed by atoms with E-state index in [4.69, 9.17) is 9.26 Å². The maximum Gasteiger partial charge on any atom is 0.306 e. The molecule has 0 atom stereocenters. The van der Waals surface area contributed by atoms with E-state index in [0.29, 0.717) is 18.1 Å². The molecule has 0 bridgehead atoms. The van der Waals surface area contributed by atoms with Crippen LogP contribution in [0.2, 0.25) is 0 Å². The molecule has 0 saturated heterocycles. The third-order valence-corrected chi connectivity index (χ3v) is 4.99. The number of benzene rings is 1. The van der Waals surface area contributed by atoms with Crippen LogP contribution >= 0.6 is 0 Å². The highest BCUT2D eigenvalue weighted by molar-refractivity contribution is 5.69. The first-order valence-corrected chi connectivity index (χ1v) is 9.78. The molecule has 3 heterocycles. The number of fused-ring (bicyclic) bond motifs is 1. The van der Waals surface area contributed by atoms with Crippen molar-refractivity contribution in [2.24, 2.45) is 0 Å². The fraction of sp³-hybridized carbons (Fsp3) is 0.318. The van der Waals surface area contributed by atoms with E-state index in [-0.39, 0.29) is 19.0 Å². The molecule has 0 unspecified atom stereocenters. The summed E-state index contributed by atoms with van der Waals surface area (Å²) in [4.78, 5) is 21.1. The molecule has 0 aliphatic carbocycles. The topological polar surface area (TPSA) is 95.4 Å². The molecule has 8 nitrogen and oxygen atoms in total. The Morgan fingerprint density at radius 1 is 1.10 bits per heavy atom. The number of aromatic nitrogens is 5. The summed E-state index contributed by atoms with van der Waals surface area (Å²) < 4.78 is 12.4. The Labute approximate surface area is 173 Å². The van der Waals surface area contributed by atoms with E-state index in [1.54, 1.807) is 0 Å². The second-order valence-electron chi connectivity index (χ2n) is 7.36. The minimum atomic E-state index is -0.327. The second-order valence-corrected chi connectivity index (χ2v) is 7.36. The largest absolute Gasteiger partial charge is 0.457 e. The third-order valence-electron chi connectivity index (χ3n) is 4.99. The lowest BCUT2D eigenvalue weighted by molar-refractivity contribution is -0.145. The van der Waals surface area contributed by atoms with E-state index < -0.39 is 0 Å². The van der Waals surface area contributed by atoms with Crippen molar-refractivity contribution < 1.29 is 14.1 Å². The highest BCUT2D eigenvalue weighted by Crippen LogP contribution is 2.19. The Hall–Kier alpha value is -3.55. The zero-order valence-corrected chi connectivity index (χ0v) is 17.5. The lowest BCUT2D eigenvalue weighted by atomic mass is 10.1. The maximum absolute atomic E-state index is 12.2. The van der Waals surface area contributed by atoms with Gasteiger partial charge in [0.2, 0.25) is 5.82 Å². The number of carbonyl (C=O) groups is 1. The van der Waals surface area contributed by atoms with Gasteiger partial charge in [0.1, 0.15) is 0 Å². The molecule has 8 heteroatoms. The van der Waals surface area contributed by atoms with Crippen LogP contribution in [0.5, 0.6) is 0 Å². The normalized spacial score (nSPS) is 11.2. The molecular weight excluding hydrogens is 382 g/mol. The lowest BCUT2D eigenvalue weighted by Crippen LogP contribution is -2.10. The molecule has 0 saturated carbocycles. The van der Waals surface area contributed by atoms with Gasteiger partial charge in [0, 0.05) is 29.4 Å². The van der Waals surface area contributed by atoms with Gasteiger partial charge in [-0.1, -0.05) is 22.9 Å². The van der Waals surface area contributed by atoms with Crippen LogP contribution in [-0.4, -0.2) is 30.7 Å². The van der Waals surface area contributed by atoms with Gasteiger partial charge < -0.3 is 9.26 Å². The van der Waals surface area contributed by atoms with Crippen molar-refractivity contribution in [2.75, 3.05) is 0 Å². The van der Waals surface area contributed by atoms with E-state index in [9.17, 15) is 4.79 Å². The van der Waals surface area contributed by atoms with Crippen LogP contribution < -0.4 is 0 Å². The van der Waals surface area contributed by atoms with Crippen molar-refractivity contribution in [3.05, 3.63) is 64.4 Å². The number of rotatable bonds is 6. The monoisotopic (exact) mass is 405 g/mol. The van der Waals surface area contributed by atoms with Gasteiger partial charge in [0.15, 0.2) is 12.3 Å². The smallest absolute Gasteiger partial charge is 0.306 e. The van der Waals surface area contributed by atoms with Crippen molar-refractivity contribution in [3.8, 4) is 11.5 Å². The van der Waals surface area contributed by atoms with E-state index in [1.807, 2.05) is 62.5 Å². The molecule has 154 valence electrons. The Morgan fingerprint density at radius 3 is 2.63 bits per heavy atom. The van der Waals surface area contributed by atoms with Gasteiger partial charge >= 0.3 is 5.97 Å². The van der Waals surface area contributed by atoms with Crippen LogP contribution in [0.1, 0.15) is 40.5 Å². The van der Waals surface area contributed by atoms with Gasteiger partial charge in [-0.3, -0.25) is 4.79 Å². The van der Waals surface area contributed by atoms with Crippen LogP contribution in [0.15, 0.2) is 34.9 Å². The predicted octanol–water partition coefficient (Wildman–Crippen LogP) is 3.69. The minimum Gasteiger partial charge on any atom is -0.457 e. The molecule has 30 heavy (non-hydrogen) atoms. The van der Waals surface area contributed by atoms with E-state index >= 15 is 0 Å². The molecule has 0 radical (unpaired) electrons. The summed E-state index contributed by atoms with van der Waals surface area (Å²) in [5.74, 6) is 0.412. The Morgan fingerprint density at radius 2 is 1.87 bits per heavy atom. The number of hydrogen-bond acceptors (Lipinski definition) is 7. The summed E-state index contributed by atoms with van der Waals surface area (Å²) >= 11 is 0. The van der Waals surface area contributed by atoms with Crippen molar-refractivity contribution in [2.45, 2.75) is 47.1 Å².